The minimum absolute atomic E-state index is 0.0158. The van der Waals surface area contributed by atoms with Gasteiger partial charge in [0.25, 0.3) is 5.76 Å². The van der Waals surface area contributed by atoms with Crippen molar-refractivity contribution in [3.05, 3.63) is 59.9 Å². The third-order valence-electron chi connectivity index (χ3n) is 3.31. The number of thioether (sulfide) groups is 1. The summed E-state index contributed by atoms with van der Waals surface area (Å²) >= 11 is 0.535. The number of benzene rings is 1. The first kappa shape index (κ1) is 16.9. The van der Waals surface area contributed by atoms with E-state index in [1.165, 1.54) is 0 Å². The van der Waals surface area contributed by atoms with Crippen molar-refractivity contribution in [1.82, 2.24) is 10.3 Å². The Morgan fingerprint density at radius 2 is 1.73 bits per heavy atom. The monoisotopic (exact) mass is 324 g/mol. The number of aromatic nitrogens is 1. The van der Waals surface area contributed by atoms with Crippen molar-refractivity contribution in [2.24, 2.45) is 0 Å². The van der Waals surface area contributed by atoms with Crippen LogP contribution in [0.2, 0.25) is 0 Å². The molecule has 0 aliphatic carbocycles. The highest BCUT2D eigenvalue weighted by molar-refractivity contribution is 7.99. The molecule has 0 bridgehead atoms. The molecule has 118 valence electrons. The Morgan fingerprint density at radius 1 is 1.09 bits per heavy atom. The van der Waals surface area contributed by atoms with Gasteiger partial charge in [-0.05, 0) is 42.3 Å². The number of rotatable bonds is 7. The van der Waals surface area contributed by atoms with Gasteiger partial charge < -0.3 is 10.4 Å². The minimum atomic E-state index is -2.41. The summed E-state index contributed by atoms with van der Waals surface area (Å²) < 4.78 is 24.5. The molecule has 2 rings (SSSR count). The summed E-state index contributed by atoms with van der Waals surface area (Å²) in [6.07, 6.45) is 2.67. The van der Waals surface area contributed by atoms with Gasteiger partial charge in [0.2, 0.25) is 0 Å². The van der Waals surface area contributed by atoms with Gasteiger partial charge >= 0.3 is 0 Å². The van der Waals surface area contributed by atoms with Crippen LogP contribution in [0.4, 0.5) is 8.78 Å². The van der Waals surface area contributed by atoms with Gasteiger partial charge in [0, 0.05) is 29.9 Å². The second kappa shape index (κ2) is 8.22. The van der Waals surface area contributed by atoms with Gasteiger partial charge in [0.15, 0.2) is 0 Å². The first-order valence-corrected chi connectivity index (χ1v) is 7.80. The quantitative estimate of drug-likeness (QED) is 0.761. The molecule has 0 amide bonds. The lowest BCUT2D eigenvalue weighted by Gasteiger charge is -2.18. The van der Waals surface area contributed by atoms with E-state index in [4.69, 9.17) is 0 Å². The molecule has 2 N–H and O–H groups in total. The molecule has 0 saturated carbocycles. The molecule has 1 heterocycles. The Bertz CT molecular complexity index is 566. The summed E-state index contributed by atoms with van der Waals surface area (Å²) in [7, 11) is 0. The largest absolute Gasteiger partial charge is 0.387 e. The first-order valence-electron chi connectivity index (χ1n) is 6.92. The van der Waals surface area contributed by atoms with Crippen LogP contribution in [0.15, 0.2) is 53.7 Å². The third kappa shape index (κ3) is 5.05. The fourth-order valence-electron chi connectivity index (χ4n) is 2.05. The molecule has 0 aliphatic heterocycles. The Balaban J connectivity index is 1.88. The maximum Gasteiger partial charge on any atom is 0.288 e. The van der Waals surface area contributed by atoms with E-state index in [0.717, 1.165) is 11.1 Å². The summed E-state index contributed by atoms with van der Waals surface area (Å²) in [4.78, 5) is 4.46. The molecule has 6 heteroatoms. The number of pyridine rings is 1. The van der Waals surface area contributed by atoms with Crippen molar-refractivity contribution in [2.75, 3.05) is 6.54 Å². The highest BCUT2D eigenvalue weighted by atomic mass is 32.2. The summed E-state index contributed by atoms with van der Waals surface area (Å²) in [5.74, 6) is -2.41. The van der Waals surface area contributed by atoms with E-state index in [0.29, 0.717) is 23.2 Å². The molecule has 1 aromatic heterocycles. The molecule has 2 unspecified atom stereocenters. The van der Waals surface area contributed by atoms with Gasteiger partial charge in [0.1, 0.15) is 0 Å². The number of nitrogens with one attached hydrogen (secondary N) is 1. The molecule has 1 aromatic carbocycles. The van der Waals surface area contributed by atoms with E-state index in [-0.39, 0.29) is 6.04 Å². The van der Waals surface area contributed by atoms with E-state index in [1.54, 1.807) is 36.7 Å². The molecule has 0 aliphatic rings. The molecular formula is C16H18F2N2OS. The van der Waals surface area contributed by atoms with Gasteiger partial charge in [-0.3, -0.25) is 4.98 Å². The van der Waals surface area contributed by atoms with Crippen molar-refractivity contribution in [3.8, 4) is 0 Å². The van der Waals surface area contributed by atoms with Crippen molar-refractivity contribution in [3.63, 3.8) is 0 Å². The van der Waals surface area contributed by atoms with Crippen molar-refractivity contribution < 1.29 is 13.9 Å². The molecular weight excluding hydrogens is 306 g/mol. The van der Waals surface area contributed by atoms with Crippen LogP contribution in [0.3, 0.4) is 0 Å². The van der Waals surface area contributed by atoms with Crippen LogP contribution in [-0.4, -0.2) is 22.4 Å². The van der Waals surface area contributed by atoms with Crippen LogP contribution >= 0.6 is 11.8 Å². The SMILES string of the molecule is CC(NCC(O)c1ccncc1)c1ccc(SC(F)F)cc1. The molecule has 0 radical (unpaired) electrons. The van der Waals surface area contributed by atoms with Gasteiger partial charge in [-0.15, -0.1) is 0 Å². The summed E-state index contributed by atoms with van der Waals surface area (Å²) in [5.41, 5.74) is 1.79. The van der Waals surface area contributed by atoms with E-state index in [2.05, 4.69) is 10.3 Å². The van der Waals surface area contributed by atoms with Crippen LogP contribution in [0.1, 0.15) is 30.2 Å². The summed E-state index contributed by atoms with van der Waals surface area (Å²) in [6, 6.07) is 10.6. The Hall–Kier alpha value is -1.50. The number of aliphatic hydroxyl groups excluding tert-OH is 1. The lowest BCUT2D eigenvalue weighted by molar-refractivity contribution is 0.170. The highest BCUT2D eigenvalue weighted by Gasteiger charge is 2.11. The van der Waals surface area contributed by atoms with Gasteiger partial charge in [-0.2, -0.15) is 8.78 Å². The molecule has 2 aromatic rings. The fraction of sp³-hybridized carbons (Fsp3) is 0.312. The van der Waals surface area contributed by atoms with Crippen LogP contribution in [0.5, 0.6) is 0 Å². The molecule has 0 fully saturated rings. The van der Waals surface area contributed by atoms with E-state index >= 15 is 0 Å². The smallest absolute Gasteiger partial charge is 0.288 e. The van der Waals surface area contributed by atoms with Gasteiger partial charge in [-0.25, -0.2) is 0 Å². The highest BCUT2D eigenvalue weighted by Crippen LogP contribution is 2.26. The predicted octanol–water partition coefficient (Wildman–Crippen LogP) is 3.78. The second-order valence-corrected chi connectivity index (χ2v) is 5.94. The standard InChI is InChI=1S/C16H18F2N2OS/c1-11(12-2-4-14(5-3-12)22-16(17)18)20-10-15(21)13-6-8-19-9-7-13/h2-9,11,15-16,20-21H,10H2,1H3. The average Bonchev–Trinajstić information content (AvgIpc) is 2.53. The number of halogens is 2. The van der Waals surface area contributed by atoms with Gasteiger partial charge in [0.05, 0.1) is 6.10 Å². The first-order chi connectivity index (χ1) is 10.6. The topological polar surface area (TPSA) is 45.1 Å². The van der Waals surface area contributed by atoms with E-state index < -0.39 is 11.9 Å². The zero-order valence-electron chi connectivity index (χ0n) is 12.1. The Kier molecular flexibility index (Phi) is 6.30. The Labute approximate surface area is 132 Å². The molecule has 0 saturated heterocycles. The Morgan fingerprint density at radius 3 is 2.32 bits per heavy atom. The van der Waals surface area contributed by atoms with Crippen molar-refractivity contribution in [2.45, 2.75) is 29.7 Å². The number of hydrogen-bond donors (Lipinski definition) is 2. The fourth-order valence-corrected chi connectivity index (χ4v) is 2.55. The molecule has 3 nitrogen and oxygen atoms in total. The van der Waals surface area contributed by atoms with Crippen molar-refractivity contribution in [1.29, 1.82) is 0 Å². The summed E-state index contributed by atoms with van der Waals surface area (Å²) in [5, 5.41) is 13.3. The lowest BCUT2D eigenvalue weighted by atomic mass is 10.1. The lowest BCUT2D eigenvalue weighted by Crippen LogP contribution is -2.24. The van der Waals surface area contributed by atoms with Gasteiger partial charge in [-0.1, -0.05) is 23.9 Å². The maximum atomic E-state index is 12.3. The van der Waals surface area contributed by atoms with Crippen LogP contribution in [-0.2, 0) is 0 Å². The second-order valence-electron chi connectivity index (χ2n) is 4.87. The molecule has 0 spiro atoms. The normalized spacial score (nSPS) is 14.0. The summed E-state index contributed by atoms with van der Waals surface area (Å²) in [6.45, 7) is 2.37. The van der Waals surface area contributed by atoms with Crippen LogP contribution in [0, 0.1) is 0 Å². The molecule has 22 heavy (non-hydrogen) atoms. The van der Waals surface area contributed by atoms with E-state index in [9.17, 15) is 13.9 Å². The van der Waals surface area contributed by atoms with E-state index in [1.807, 2.05) is 19.1 Å². The molecule has 2 atom stereocenters. The number of aliphatic hydroxyl groups is 1. The number of nitrogens with zero attached hydrogens (tertiary/aromatic N) is 1. The van der Waals surface area contributed by atoms with Crippen LogP contribution in [0.25, 0.3) is 0 Å². The number of alkyl halides is 2. The van der Waals surface area contributed by atoms with Crippen molar-refractivity contribution >= 4 is 11.8 Å². The minimum Gasteiger partial charge on any atom is -0.387 e. The predicted molar refractivity (Wildman–Crippen MR) is 83.9 cm³/mol. The maximum absolute atomic E-state index is 12.3. The van der Waals surface area contributed by atoms with Crippen LogP contribution < -0.4 is 5.32 Å². The number of hydrogen-bond acceptors (Lipinski definition) is 4. The third-order valence-corrected chi connectivity index (χ3v) is 4.04. The zero-order valence-corrected chi connectivity index (χ0v) is 12.9. The zero-order chi connectivity index (χ0) is 15.9. The average molecular weight is 324 g/mol.